The minimum absolute atomic E-state index is 0.0305. The molecular weight excluding hydrogens is 394 g/mol. The highest BCUT2D eigenvalue weighted by molar-refractivity contribution is 6.08. The number of fused-ring (bicyclic) bond motifs is 1. The highest BCUT2D eigenvalue weighted by Gasteiger charge is 2.68. The van der Waals surface area contributed by atoms with Crippen molar-refractivity contribution in [1.82, 2.24) is 25.0 Å². The highest BCUT2D eigenvalue weighted by Crippen LogP contribution is 2.52. The fourth-order valence-corrected chi connectivity index (χ4v) is 5.89. The molecule has 4 fully saturated rings. The van der Waals surface area contributed by atoms with Crippen LogP contribution in [0.3, 0.4) is 0 Å². The summed E-state index contributed by atoms with van der Waals surface area (Å²) in [5.74, 6) is 0.103. The first-order valence-corrected chi connectivity index (χ1v) is 11.2. The number of carbonyl (C=O) groups is 2. The lowest BCUT2D eigenvalue weighted by molar-refractivity contribution is -0.133. The molecule has 6 rings (SSSR count). The normalized spacial score (nSPS) is 31.0. The third-order valence-corrected chi connectivity index (χ3v) is 7.50. The summed E-state index contributed by atoms with van der Waals surface area (Å²) in [7, 11) is 0. The summed E-state index contributed by atoms with van der Waals surface area (Å²) in [6.45, 7) is 5.55. The number of nitrogens with zero attached hydrogens (tertiary/aromatic N) is 4. The molecule has 4 aliphatic rings. The Morgan fingerprint density at radius 2 is 2.00 bits per heavy atom. The van der Waals surface area contributed by atoms with Crippen LogP contribution in [0.4, 0.5) is 4.79 Å². The number of benzene rings is 1. The average molecular weight is 422 g/mol. The Morgan fingerprint density at radius 1 is 1.16 bits per heavy atom. The zero-order valence-electron chi connectivity index (χ0n) is 17.5. The number of hydrogen-bond acceptors (Lipinski definition) is 6. The number of morpholine rings is 1. The topological polar surface area (TPSA) is 78.0 Å². The number of para-hydroxylation sites is 1. The van der Waals surface area contributed by atoms with Crippen LogP contribution >= 0.6 is 0 Å². The summed E-state index contributed by atoms with van der Waals surface area (Å²) in [6, 6.07) is 9.88. The van der Waals surface area contributed by atoms with E-state index in [0.717, 1.165) is 42.5 Å². The average Bonchev–Trinajstić information content (AvgIpc) is 3.42. The van der Waals surface area contributed by atoms with E-state index < -0.39 is 5.54 Å². The summed E-state index contributed by atoms with van der Waals surface area (Å²) < 4.78 is 5.41. The van der Waals surface area contributed by atoms with Gasteiger partial charge in [-0.15, -0.1) is 0 Å². The van der Waals surface area contributed by atoms with Crippen molar-refractivity contribution in [3.8, 4) is 0 Å². The molecule has 3 atom stereocenters. The fraction of sp³-hybridized carbons (Fsp3) is 0.522. The summed E-state index contributed by atoms with van der Waals surface area (Å²) in [5, 5.41) is 4.44. The number of imide groups is 1. The quantitative estimate of drug-likeness (QED) is 0.749. The summed E-state index contributed by atoms with van der Waals surface area (Å²) in [6.07, 6.45) is 2.67. The van der Waals surface area contributed by atoms with Crippen LogP contribution in [0, 0.1) is 5.92 Å². The molecule has 0 radical (unpaired) electrons. The van der Waals surface area contributed by atoms with Crippen molar-refractivity contribution in [2.45, 2.75) is 18.0 Å². The van der Waals surface area contributed by atoms with Crippen molar-refractivity contribution in [3.05, 3.63) is 42.1 Å². The molecule has 8 heteroatoms. The predicted molar refractivity (Wildman–Crippen MR) is 114 cm³/mol. The Balaban J connectivity index is 1.31. The van der Waals surface area contributed by atoms with E-state index >= 15 is 0 Å². The Morgan fingerprint density at radius 3 is 2.87 bits per heavy atom. The SMILES string of the molecule is O=C1N(CCN2CCOCC2)C(=O)C23CNC[C@@H]2C[C@@H](c2cnc4ccccc4c2)N13. The standard InChI is InChI=1S/C23H27N5O3/c29-21-23-15-24-14-18(23)12-20(17-11-16-3-1-2-4-19(16)25-13-17)28(23)22(30)27(21)6-5-26-7-9-31-10-8-26/h1-4,11,13,18,20,24H,5-10,12,14-15H2/t18-,20-,23?/m0/s1. The van der Waals surface area contributed by atoms with Gasteiger partial charge in [-0.25, -0.2) is 4.79 Å². The number of aromatic nitrogens is 1. The molecule has 3 amide bonds. The van der Waals surface area contributed by atoms with Gasteiger partial charge in [0.1, 0.15) is 5.54 Å². The lowest BCUT2D eigenvalue weighted by Gasteiger charge is -2.30. The fourth-order valence-electron chi connectivity index (χ4n) is 5.89. The molecule has 4 saturated heterocycles. The van der Waals surface area contributed by atoms with Crippen molar-refractivity contribution in [2.24, 2.45) is 5.92 Å². The second kappa shape index (κ2) is 7.25. The number of hydrogen-bond donors (Lipinski definition) is 1. The van der Waals surface area contributed by atoms with E-state index in [4.69, 9.17) is 4.74 Å². The molecule has 0 bridgehead atoms. The minimum Gasteiger partial charge on any atom is -0.379 e. The summed E-state index contributed by atoms with van der Waals surface area (Å²) in [4.78, 5) is 37.5. The van der Waals surface area contributed by atoms with Crippen LogP contribution < -0.4 is 5.32 Å². The van der Waals surface area contributed by atoms with Crippen LogP contribution in [0.1, 0.15) is 18.0 Å². The lowest BCUT2D eigenvalue weighted by atomic mass is 9.87. The van der Waals surface area contributed by atoms with Crippen LogP contribution in [0.2, 0.25) is 0 Å². The molecule has 1 aromatic heterocycles. The Kier molecular flexibility index (Phi) is 4.48. The van der Waals surface area contributed by atoms with E-state index in [-0.39, 0.29) is 23.9 Å². The van der Waals surface area contributed by atoms with Gasteiger partial charge >= 0.3 is 6.03 Å². The van der Waals surface area contributed by atoms with Gasteiger partial charge in [-0.05, 0) is 24.1 Å². The predicted octanol–water partition coefficient (Wildman–Crippen LogP) is 1.23. The van der Waals surface area contributed by atoms with E-state index in [2.05, 4.69) is 21.3 Å². The van der Waals surface area contributed by atoms with Gasteiger partial charge in [-0.1, -0.05) is 18.2 Å². The Bertz CT molecular complexity index is 1040. The van der Waals surface area contributed by atoms with Crippen LogP contribution in [-0.2, 0) is 9.53 Å². The van der Waals surface area contributed by atoms with Gasteiger partial charge in [0, 0.05) is 56.8 Å². The maximum Gasteiger partial charge on any atom is 0.328 e. The molecule has 0 saturated carbocycles. The van der Waals surface area contributed by atoms with Crippen LogP contribution in [-0.4, -0.2) is 89.6 Å². The van der Waals surface area contributed by atoms with Crippen molar-refractivity contribution in [3.63, 3.8) is 0 Å². The van der Waals surface area contributed by atoms with E-state index in [1.165, 1.54) is 4.90 Å². The third kappa shape index (κ3) is 2.82. The van der Waals surface area contributed by atoms with Crippen LogP contribution in [0.5, 0.6) is 0 Å². The Hall–Kier alpha value is -2.55. The minimum atomic E-state index is -0.752. The number of urea groups is 1. The lowest BCUT2D eigenvalue weighted by Crippen LogP contribution is -2.51. The smallest absolute Gasteiger partial charge is 0.328 e. The van der Waals surface area contributed by atoms with E-state index in [9.17, 15) is 9.59 Å². The number of rotatable bonds is 4. The van der Waals surface area contributed by atoms with Crippen molar-refractivity contribution in [1.29, 1.82) is 0 Å². The maximum atomic E-state index is 13.6. The third-order valence-electron chi connectivity index (χ3n) is 7.50. The molecule has 1 N–H and O–H groups in total. The number of ether oxygens (including phenoxy) is 1. The maximum absolute atomic E-state index is 13.6. The van der Waals surface area contributed by atoms with Crippen molar-refractivity contribution >= 4 is 22.8 Å². The van der Waals surface area contributed by atoms with Gasteiger partial charge in [-0.2, -0.15) is 0 Å². The van der Waals surface area contributed by atoms with Crippen LogP contribution in [0.25, 0.3) is 10.9 Å². The molecule has 31 heavy (non-hydrogen) atoms. The first kappa shape index (κ1) is 19.2. The molecule has 5 heterocycles. The van der Waals surface area contributed by atoms with Gasteiger partial charge in [0.2, 0.25) is 0 Å². The first-order chi connectivity index (χ1) is 15.2. The second-order valence-electron chi connectivity index (χ2n) is 9.03. The monoisotopic (exact) mass is 421 g/mol. The zero-order valence-corrected chi connectivity index (χ0v) is 17.5. The number of pyridine rings is 1. The van der Waals surface area contributed by atoms with Crippen molar-refractivity contribution in [2.75, 3.05) is 52.5 Å². The van der Waals surface area contributed by atoms with Crippen molar-refractivity contribution < 1.29 is 14.3 Å². The number of amides is 3. The molecule has 1 unspecified atom stereocenters. The second-order valence-corrected chi connectivity index (χ2v) is 9.03. The van der Waals surface area contributed by atoms with E-state index in [0.29, 0.717) is 32.8 Å². The summed E-state index contributed by atoms with van der Waals surface area (Å²) in [5.41, 5.74) is 1.21. The molecule has 2 aromatic rings. The van der Waals surface area contributed by atoms with Gasteiger partial charge in [0.05, 0.1) is 24.8 Å². The first-order valence-electron chi connectivity index (χ1n) is 11.2. The van der Waals surface area contributed by atoms with Gasteiger partial charge in [-0.3, -0.25) is 19.6 Å². The highest BCUT2D eigenvalue weighted by atomic mass is 16.5. The number of nitrogens with one attached hydrogen (secondary N) is 1. The van der Waals surface area contributed by atoms with Crippen LogP contribution in [0.15, 0.2) is 36.5 Å². The largest absolute Gasteiger partial charge is 0.379 e. The molecular formula is C23H27N5O3. The van der Waals surface area contributed by atoms with Gasteiger partial charge in [0.15, 0.2) is 0 Å². The molecule has 162 valence electrons. The van der Waals surface area contributed by atoms with E-state index in [1.807, 2.05) is 35.4 Å². The molecule has 4 aliphatic heterocycles. The Labute approximate surface area is 181 Å². The molecule has 8 nitrogen and oxygen atoms in total. The molecule has 1 aromatic carbocycles. The number of carbonyl (C=O) groups excluding carboxylic acids is 2. The molecule has 1 spiro atoms. The molecule has 0 aliphatic carbocycles. The van der Waals surface area contributed by atoms with Gasteiger partial charge in [0.25, 0.3) is 5.91 Å². The van der Waals surface area contributed by atoms with Gasteiger partial charge < -0.3 is 15.0 Å². The summed E-state index contributed by atoms with van der Waals surface area (Å²) >= 11 is 0. The zero-order chi connectivity index (χ0) is 21.0. The van der Waals surface area contributed by atoms with E-state index in [1.54, 1.807) is 0 Å².